The number of aromatic nitrogens is 2. The molecule has 28 heavy (non-hydrogen) atoms. The van der Waals surface area contributed by atoms with Crippen molar-refractivity contribution in [2.75, 3.05) is 14.2 Å². The molecule has 0 bridgehead atoms. The molecule has 0 saturated carbocycles. The molecule has 1 aromatic rings. The molecule has 1 heterocycles. The monoisotopic (exact) mass is 398 g/mol. The molecule has 10 heteroatoms. The molecule has 0 spiro atoms. The number of hydroxylamine groups is 2. The van der Waals surface area contributed by atoms with Gasteiger partial charge in [0.1, 0.15) is 17.2 Å². The Bertz CT molecular complexity index is 702. The third-order valence-electron chi connectivity index (χ3n) is 3.21. The predicted molar refractivity (Wildman–Crippen MR) is 100 cm³/mol. The minimum absolute atomic E-state index is 0.0293. The molecular formula is C18H30N4O6. The number of rotatable bonds is 5. The highest BCUT2D eigenvalue weighted by Gasteiger charge is 2.28. The lowest BCUT2D eigenvalue weighted by atomic mass is 10.1. The van der Waals surface area contributed by atoms with Crippen LogP contribution in [0.4, 0.5) is 9.59 Å². The van der Waals surface area contributed by atoms with Crippen molar-refractivity contribution >= 4 is 18.1 Å². The summed E-state index contributed by atoms with van der Waals surface area (Å²) in [5.41, 5.74) is -0.977. The third kappa shape index (κ3) is 7.95. The molecule has 2 amide bonds. The van der Waals surface area contributed by atoms with Crippen LogP contribution < -0.4 is 5.32 Å². The molecule has 0 aliphatic carbocycles. The number of nitrogens with one attached hydrogen (secondary N) is 1. The maximum Gasteiger partial charge on any atom is 0.435 e. The summed E-state index contributed by atoms with van der Waals surface area (Å²) in [5.74, 6) is -0.500. The highest BCUT2D eigenvalue weighted by atomic mass is 16.7. The van der Waals surface area contributed by atoms with Crippen LogP contribution >= 0.6 is 0 Å². The Kier molecular flexibility index (Phi) is 7.57. The Balaban J connectivity index is 2.93. The van der Waals surface area contributed by atoms with Gasteiger partial charge in [-0.25, -0.2) is 14.7 Å². The van der Waals surface area contributed by atoms with E-state index in [0.29, 0.717) is 5.69 Å². The summed E-state index contributed by atoms with van der Waals surface area (Å²) in [6.45, 7) is 10.4. The summed E-state index contributed by atoms with van der Waals surface area (Å²) >= 11 is 0. The van der Waals surface area contributed by atoms with Gasteiger partial charge in [-0.3, -0.25) is 9.63 Å². The third-order valence-corrected chi connectivity index (χ3v) is 3.21. The number of ether oxygens (including phenoxy) is 2. The molecule has 0 aliphatic heterocycles. The molecule has 0 aromatic carbocycles. The van der Waals surface area contributed by atoms with Crippen molar-refractivity contribution in [3.8, 4) is 0 Å². The minimum Gasteiger partial charge on any atom is -0.444 e. The lowest BCUT2D eigenvalue weighted by molar-refractivity contribution is -0.171. The number of hydrogen-bond acceptors (Lipinski definition) is 7. The fourth-order valence-corrected chi connectivity index (χ4v) is 2.05. The molecule has 0 fully saturated rings. The number of alkyl carbamates (subject to hydrolysis) is 1. The van der Waals surface area contributed by atoms with Gasteiger partial charge in [0.25, 0.3) is 5.91 Å². The first-order chi connectivity index (χ1) is 12.7. The zero-order chi connectivity index (χ0) is 21.7. The number of nitrogens with zero attached hydrogens (tertiary/aromatic N) is 3. The second kappa shape index (κ2) is 9.05. The van der Waals surface area contributed by atoms with Gasteiger partial charge < -0.3 is 14.8 Å². The topological polar surface area (TPSA) is 112 Å². The number of amides is 2. The first kappa shape index (κ1) is 23.4. The molecule has 0 radical (unpaired) electrons. The van der Waals surface area contributed by atoms with Crippen molar-refractivity contribution in [3.05, 3.63) is 18.0 Å². The van der Waals surface area contributed by atoms with Gasteiger partial charge in [0.2, 0.25) is 0 Å². The summed E-state index contributed by atoms with van der Waals surface area (Å²) in [7, 11) is 2.76. The van der Waals surface area contributed by atoms with Crippen molar-refractivity contribution in [2.24, 2.45) is 0 Å². The van der Waals surface area contributed by atoms with E-state index in [1.807, 2.05) is 0 Å². The van der Waals surface area contributed by atoms with Gasteiger partial charge in [-0.1, -0.05) is 0 Å². The Labute approximate surface area is 165 Å². The summed E-state index contributed by atoms with van der Waals surface area (Å²) in [6.07, 6.45) is 0.0673. The normalized spacial score (nSPS) is 12.9. The fourth-order valence-electron chi connectivity index (χ4n) is 2.05. The van der Waals surface area contributed by atoms with Gasteiger partial charge in [0.05, 0.1) is 12.8 Å². The van der Waals surface area contributed by atoms with Gasteiger partial charge in [-0.05, 0) is 47.6 Å². The molecule has 1 N–H and O–H groups in total. The van der Waals surface area contributed by atoms with E-state index in [-0.39, 0.29) is 6.42 Å². The Morgan fingerprint density at radius 1 is 1.14 bits per heavy atom. The van der Waals surface area contributed by atoms with E-state index in [4.69, 9.17) is 14.3 Å². The van der Waals surface area contributed by atoms with Crippen LogP contribution in [0.2, 0.25) is 0 Å². The quantitative estimate of drug-likeness (QED) is 0.756. The molecule has 0 aliphatic rings. The number of carbonyl (C=O) groups is 3. The van der Waals surface area contributed by atoms with Crippen LogP contribution in [0.15, 0.2) is 12.3 Å². The summed E-state index contributed by atoms with van der Waals surface area (Å²) < 4.78 is 11.5. The fraction of sp³-hybridized carbons (Fsp3) is 0.667. The van der Waals surface area contributed by atoms with E-state index in [1.165, 1.54) is 20.4 Å². The molecule has 158 valence electrons. The average Bonchev–Trinajstić information content (AvgIpc) is 2.98. The van der Waals surface area contributed by atoms with E-state index in [0.717, 1.165) is 9.75 Å². The number of hydrogen-bond donors (Lipinski definition) is 1. The van der Waals surface area contributed by atoms with Crippen LogP contribution in [0.3, 0.4) is 0 Å². The van der Waals surface area contributed by atoms with Crippen LogP contribution in [-0.4, -0.2) is 64.3 Å². The number of likely N-dealkylation sites (N-methyl/N-ethyl adjacent to an activating group) is 1. The van der Waals surface area contributed by atoms with Crippen molar-refractivity contribution < 1.29 is 28.7 Å². The minimum atomic E-state index is -0.998. The van der Waals surface area contributed by atoms with E-state index in [1.54, 1.807) is 47.6 Å². The Hall–Kier alpha value is -2.62. The zero-order valence-corrected chi connectivity index (χ0v) is 17.7. The molecule has 1 rings (SSSR count). The summed E-state index contributed by atoms with van der Waals surface area (Å²) in [5, 5.41) is 7.63. The molecular weight excluding hydrogens is 368 g/mol. The van der Waals surface area contributed by atoms with Crippen molar-refractivity contribution in [1.82, 2.24) is 20.2 Å². The Morgan fingerprint density at radius 3 is 2.21 bits per heavy atom. The van der Waals surface area contributed by atoms with Crippen molar-refractivity contribution in [1.29, 1.82) is 0 Å². The van der Waals surface area contributed by atoms with Crippen LogP contribution in [0.5, 0.6) is 0 Å². The number of carbonyl (C=O) groups excluding carboxylic acids is 3. The molecule has 0 saturated heterocycles. The van der Waals surface area contributed by atoms with E-state index < -0.39 is 35.3 Å². The Morgan fingerprint density at radius 2 is 1.71 bits per heavy atom. The first-order valence-electron chi connectivity index (χ1n) is 8.81. The van der Waals surface area contributed by atoms with Gasteiger partial charge in [0, 0.05) is 19.7 Å². The predicted octanol–water partition coefficient (Wildman–Crippen LogP) is 2.12. The summed E-state index contributed by atoms with van der Waals surface area (Å²) in [4.78, 5) is 41.6. The maximum atomic E-state index is 12.5. The van der Waals surface area contributed by atoms with Crippen molar-refractivity contribution in [3.63, 3.8) is 0 Å². The van der Waals surface area contributed by atoms with Crippen LogP contribution in [0.1, 0.15) is 47.2 Å². The van der Waals surface area contributed by atoms with Gasteiger partial charge in [-0.2, -0.15) is 9.78 Å². The second-order valence-corrected chi connectivity index (χ2v) is 8.15. The largest absolute Gasteiger partial charge is 0.444 e. The van der Waals surface area contributed by atoms with Crippen LogP contribution in [-0.2, 0) is 25.5 Å². The first-order valence-corrected chi connectivity index (χ1v) is 8.81. The van der Waals surface area contributed by atoms with Crippen LogP contribution in [0.25, 0.3) is 0 Å². The van der Waals surface area contributed by atoms with E-state index >= 15 is 0 Å². The lowest BCUT2D eigenvalue weighted by Gasteiger charge is -2.25. The molecule has 10 nitrogen and oxygen atoms in total. The standard InChI is InChI=1S/C18H30N4O6/c1-17(2,3)27-15(24)19-13(14(23)21(7)26-8)11-12-9-10-22(20-12)16(25)28-18(4,5)6/h9-10,13H,11H2,1-8H3,(H,19,24)/t13-/m0/s1. The van der Waals surface area contributed by atoms with E-state index in [2.05, 4.69) is 10.4 Å². The van der Waals surface area contributed by atoms with Crippen LogP contribution in [0, 0.1) is 0 Å². The van der Waals surface area contributed by atoms with Gasteiger partial charge in [-0.15, -0.1) is 0 Å². The smallest absolute Gasteiger partial charge is 0.435 e. The lowest BCUT2D eigenvalue weighted by Crippen LogP contribution is -2.49. The van der Waals surface area contributed by atoms with Gasteiger partial charge >= 0.3 is 12.2 Å². The molecule has 1 aromatic heterocycles. The molecule has 0 unspecified atom stereocenters. The zero-order valence-electron chi connectivity index (χ0n) is 17.7. The SMILES string of the molecule is CON(C)C(=O)[C@H](Cc1ccn(C(=O)OC(C)(C)C)n1)NC(=O)OC(C)(C)C. The highest BCUT2D eigenvalue weighted by molar-refractivity contribution is 5.85. The maximum absolute atomic E-state index is 12.5. The average molecular weight is 398 g/mol. The van der Waals surface area contributed by atoms with Gasteiger partial charge in [0.15, 0.2) is 0 Å². The van der Waals surface area contributed by atoms with Crippen molar-refractivity contribution in [2.45, 2.75) is 65.2 Å². The molecule has 1 atom stereocenters. The highest BCUT2D eigenvalue weighted by Crippen LogP contribution is 2.11. The second-order valence-electron chi connectivity index (χ2n) is 8.15. The summed E-state index contributed by atoms with van der Waals surface area (Å²) in [6, 6.07) is 0.565. The van der Waals surface area contributed by atoms with E-state index in [9.17, 15) is 14.4 Å².